The number of anilines is 3. The highest BCUT2D eigenvalue weighted by molar-refractivity contribution is 6.00. The van der Waals surface area contributed by atoms with Crippen LogP contribution in [-0.4, -0.2) is 39.2 Å². The van der Waals surface area contributed by atoms with E-state index in [1.165, 1.54) is 0 Å². The van der Waals surface area contributed by atoms with Gasteiger partial charge in [0.1, 0.15) is 0 Å². The average molecular weight is 520 g/mol. The fourth-order valence-corrected chi connectivity index (χ4v) is 3.69. The third-order valence-corrected chi connectivity index (χ3v) is 5.42. The Balaban J connectivity index is 1.88. The van der Waals surface area contributed by atoms with Gasteiger partial charge in [0, 0.05) is 24.8 Å². The first-order valence-electron chi connectivity index (χ1n) is 11.7. The third kappa shape index (κ3) is 7.45. The van der Waals surface area contributed by atoms with Gasteiger partial charge in [-0.1, -0.05) is 20.8 Å². The molecule has 0 aliphatic rings. The van der Waals surface area contributed by atoms with Crippen LogP contribution in [0.3, 0.4) is 0 Å². The lowest BCUT2D eigenvalue weighted by Gasteiger charge is -2.23. The summed E-state index contributed by atoms with van der Waals surface area (Å²) in [7, 11) is 1.68. The highest BCUT2D eigenvalue weighted by atomic mass is 19.4. The number of benzene rings is 2. The monoisotopic (exact) mass is 519 g/mol. The zero-order valence-electron chi connectivity index (χ0n) is 21.7. The van der Waals surface area contributed by atoms with Crippen LogP contribution in [0.15, 0.2) is 42.5 Å². The van der Waals surface area contributed by atoms with Crippen LogP contribution < -0.4 is 15.5 Å². The zero-order valence-corrected chi connectivity index (χ0v) is 21.7. The molecule has 3 rings (SSSR count). The normalized spacial score (nSPS) is 12.5. The largest absolute Gasteiger partial charge is 0.416 e. The highest BCUT2D eigenvalue weighted by Gasteiger charge is 2.30. The molecule has 200 valence electrons. The van der Waals surface area contributed by atoms with Gasteiger partial charge >= 0.3 is 12.2 Å². The Bertz CT molecular complexity index is 1290. The topological polar surface area (TPSA) is 99.5 Å². The summed E-state index contributed by atoms with van der Waals surface area (Å²) >= 11 is 0. The number of hydrogen-bond acceptors (Lipinski definition) is 4. The summed E-state index contributed by atoms with van der Waals surface area (Å²) < 4.78 is 40.0. The predicted octanol–water partition coefficient (Wildman–Crippen LogP) is 5.87. The summed E-state index contributed by atoms with van der Waals surface area (Å²) in [6, 6.07) is 8.56. The summed E-state index contributed by atoms with van der Waals surface area (Å²) in [5.41, 5.74) is -0.262. The molecule has 0 aliphatic carbocycles. The molecule has 8 nitrogen and oxygen atoms in total. The van der Waals surface area contributed by atoms with Gasteiger partial charge in [-0.3, -0.25) is 10.1 Å². The number of hydrogen-bond donors (Lipinski definition) is 3. The first-order valence-corrected chi connectivity index (χ1v) is 11.7. The molecule has 0 radical (unpaired) electrons. The summed E-state index contributed by atoms with van der Waals surface area (Å²) in [4.78, 5) is 31.4. The number of carbonyl (C=O) groups excluding carboxylic acids is 2. The second-order valence-electron chi connectivity index (χ2n) is 10.9. The Morgan fingerprint density at radius 2 is 1.62 bits per heavy atom. The summed E-state index contributed by atoms with van der Waals surface area (Å²) in [6.07, 6.45) is -4.13. The van der Waals surface area contributed by atoms with Gasteiger partial charge in [-0.15, -0.1) is 0 Å². The molecule has 0 saturated carbocycles. The maximum absolute atomic E-state index is 12.8. The third-order valence-electron chi connectivity index (χ3n) is 5.42. The molecular weight excluding hydrogens is 487 g/mol. The van der Waals surface area contributed by atoms with Crippen LogP contribution >= 0.6 is 0 Å². The minimum atomic E-state index is -4.48. The number of nitrogens with one attached hydrogen (secondary N) is 2. The first-order chi connectivity index (χ1) is 16.9. The SMILES string of the molecule is CN(C(=O)CC(C)(C)C)c1ccc2c(c1)nc(NC(=O)Nc1ccc(C(F)(F)F)cc1)n2CC(C)(C)O. The predicted molar refractivity (Wildman–Crippen MR) is 138 cm³/mol. The zero-order chi connectivity index (χ0) is 27.8. The number of imidazole rings is 1. The molecule has 1 aromatic heterocycles. The number of halogens is 3. The van der Waals surface area contributed by atoms with E-state index >= 15 is 0 Å². The summed E-state index contributed by atoms with van der Waals surface area (Å²) in [5.74, 6) is 0.0689. The number of urea groups is 1. The first kappa shape index (κ1) is 28.0. The van der Waals surface area contributed by atoms with Crippen molar-refractivity contribution in [2.75, 3.05) is 22.6 Å². The molecule has 3 aromatic rings. The lowest BCUT2D eigenvalue weighted by Crippen LogP contribution is -2.29. The minimum Gasteiger partial charge on any atom is -0.389 e. The van der Waals surface area contributed by atoms with Crippen molar-refractivity contribution in [3.8, 4) is 0 Å². The van der Waals surface area contributed by atoms with Crippen molar-refractivity contribution in [1.82, 2.24) is 9.55 Å². The quantitative estimate of drug-likeness (QED) is 0.379. The van der Waals surface area contributed by atoms with E-state index in [0.717, 1.165) is 24.3 Å². The molecule has 2 aromatic carbocycles. The molecule has 0 bridgehead atoms. The van der Waals surface area contributed by atoms with E-state index in [2.05, 4.69) is 15.6 Å². The van der Waals surface area contributed by atoms with E-state index < -0.39 is 23.4 Å². The molecule has 0 atom stereocenters. The van der Waals surface area contributed by atoms with E-state index in [0.29, 0.717) is 23.1 Å². The Morgan fingerprint density at radius 3 is 2.16 bits per heavy atom. The molecule has 3 N–H and O–H groups in total. The van der Waals surface area contributed by atoms with E-state index in [-0.39, 0.29) is 29.5 Å². The summed E-state index contributed by atoms with van der Waals surface area (Å²) in [6.45, 7) is 9.25. The Morgan fingerprint density at radius 1 is 1.00 bits per heavy atom. The number of aromatic nitrogens is 2. The van der Waals surface area contributed by atoms with Crippen LogP contribution in [0.4, 0.5) is 35.3 Å². The Hall–Kier alpha value is -3.60. The van der Waals surface area contributed by atoms with E-state index in [9.17, 15) is 27.9 Å². The van der Waals surface area contributed by atoms with Gasteiger partial charge in [-0.25, -0.2) is 9.78 Å². The van der Waals surface area contributed by atoms with E-state index in [1.807, 2.05) is 20.8 Å². The number of rotatable bonds is 6. The average Bonchev–Trinajstić information content (AvgIpc) is 3.06. The van der Waals surface area contributed by atoms with Gasteiger partial charge in [0.05, 0.1) is 28.7 Å². The van der Waals surface area contributed by atoms with Crippen molar-refractivity contribution in [2.24, 2.45) is 5.41 Å². The number of carbonyl (C=O) groups is 2. The standard InChI is InChI=1S/C26H32F3N5O3/c1-24(2,3)14-21(35)33(6)18-11-12-20-19(13-18)31-22(34(20)15-25(4,5)37)32-23(36)30-17-9-7-16(8-10-17)26(27,28)29/h7-13,37H,14-15H2,1-6H3,(H2,30,31,32,36). The van der Waals surface area contributed by atoms with Gasteiger partial charge in [-0.05, 0) is 61.7 Å². The molecule has 1 heterocycles. The molecule has 37 heavy (non-hydrogen) atoms. The Labute approximate surface area is 213 Å². The highest BCUT2D eigenvalue weighted by Crippen LogP contribution is 2.30. The van der Waals surface area contributed by atoms with Crippen molar-refractivity contribution in [3.05, 3.63) is 48.0 Å². The molecular formula is C26H32F3N5O3. The van der Waals surface area contributed by atoms with Gasteiger partial charge in [0.15, 0.2) is 0 Å². The number of aliphatic hydroxyl groups is 1. The number of alkyl halides is 3. The molecule has 11 heteroatoms. The fourth-order valence-electron chi connectivity index (χ4n) is 3.69. The van der Waals surface area contributed by atoms with E-state index in [4.69, 9.17) is 0 Å². The lowest BCUT2D eigenvalue weighted by molar-refractivity contribution is -0.137. The van der Waals surface area contributed by atoms with Crippen molar-refractivity contribution in [1.29, 1.82) is 0 Å². The van der Waals surface area contributed by atoms with Crippen LogP contribution in [0, 0.1) is 5.41 Å². The van der Waals surface area contributed by atoms with Crippen molar-refractivity contribution >= 4 is 40.3 Å². The maximum Gasteiger partial charge on any atom is 0.416 e. The van der Waals surface area contributed by atoms with Crippen LogP contribution in [0.25, 0.3) is 11.0 Å². The van der Waals surface area contributed by atoms with Crippen LogP contribution in [0.5, 0.6) is 0 Å². The second kappa shape index (κ2) is 10.0. The molecule has 0 unspecified atom stereocenters. The lowest BCUT2D eigenvalue weighted by atomic mass is 9.91. The smallest absolute Gasteiger partial charge is 0.389 e. The number of fused-ring (bicyclic) bond motifs is 1. The van der Waals surface area contributed by atoms with Gasteiger partial charge in [0.25, 0.3) is 0 Å². The van der Waals surface area contributed by atoms with Crippen LogP contribution in [-0.2, 0) is 17.5 Å². The maximum atomic E-state index is 12.8. The van der Waals surface area contributed by atoms with Crippen molar-refractivity contribution in [3.63, 3.8) is 0 Å². The van der Waals surface area contributed by atoms with Crippen molar-refractivity contribution < 1.29 is 27.9 Å². The minimum absolute atomic E-state index is 0.0583. The number of amides is 3. The van der Waals surface area contributed by atoms with Gasteiger partial charge in [-0.2, -0.15) is 13.2 Å². The molecule has 0 fully saturated rings. The van der Waals surface area contributed by atoms with Gasteiger partial charge in [0.2, 0.25) is 11.9 Å². The van der Waals surface area contributed by atoms with Crippen LogP contribution in [0.2, 0.25) is 0 Å². The fraction of sp³-hybridized carbons (Fsp3) is 0.423. The molecule has 0 saturated heterocycles. The molecule has 0 aliphatic heterocycles. The summed E-state index contributed by atoms with van der Waals surface area (Å²) in [5, 5.41) is 15.5. The number of nitrogens with zero attached hydrogens (tertiary/aromatic N) is 3. The second-order valence-corrected chi connectivity index (χ2v) is 10.9. The van der Waals surface area contributed by atoms with Crippen LogP contribution in [0.1, 0.15) is 46.6 Å². The van der Waals surface area contributed by atoms with Crippen molar-refractivity contribution in [2.45, 2.75) is 59.4 Å². The Kier molecular flexibility index (Phi) is 7.59. The molecule has 3 amide bonds. The van der Waals surface area contributed by atoms with Gasteiger partial charge < -0.3 is 19.9 Å². The molecule has 0 spiro atoms. The van der Waals surface area contributed by atoms with E-state index in [1.54, 1.807) is 48.6 Å².